The van der Waals surface area contributed by atoms with Gasteiger partial charge in [0.1, 0.15) is 45.8 Å². The summed E-state index contributed by atoms with van der Waals surface area (Å²) in [5.41, 5.74) is 3.43. The molecule has 0 aliphatic rings. The number of carbonyl (C=O) groups is 2. The van der Waals surface area contributed by atoms with Gasteiger partial charge in [0.2, 0.25) is 0 Å². The number of amides is 2. The average molecular weight is 589 g/mol. The number of anilines is 5. The Hall–Kier alpha value is -4.06. The third kappa shape index (κ3) is 6.92. The Kier molecular flexibility index (Phi) is 10.5. The maximum atomic E-state index is 13.2. The molecule has 0 saturated carbocycles. The second-order valence-corrected chi connectivity index (χ2v) is 9.27. The number of halogens is 2. The van der Waals surface area contributed by atoms with Crippen molar-refractivity contribution in [3.63, 3.8) is 0 Å². The quantitative estimate of drug-likeness (QED) is 0.177. The molecule has 11 nitrogen and oxygen atoms in total. The third-order valence-electron chi connectivity index (χ3n) is 5.81. The van der Waals surface area contributed by atoms with E-state index >= 15 is 0 Å². The number of benzene rings is 2. The molecule has 3 N–H and O–H groups in total. The van der Waals surface area contributed by atoms with E-state index in [9.17, 15) is 9.59 Å². The van der Waals surface area contributed by atoms with E-state index in [1.807, 2.05) is 18.2 Å². The molecule has 0 spiro atoms. The molecule has 2 amide bonds. The molecule has 1 heterocycles. The molecule has 0 aliphatic carbocycles. The van der Waals surface area contributed by atoms with Crippen LogP contribution >= 0.6 is 23.2 Å². The number of nitrogens with zero attached hydrogens (tertiary/aromatic N) is 3. The van der Waals surface area contributed by atoms with E-state index in [2.05, 4.69) is 32.5 Å². The first-order valence-corrected chi connectivity index (χ1v) is 12.6. The molecule has 0 fully saturated rings. The van der Waals surface area contributed by atoms with E-state index in [0.29, 0.717) is 47.0 Å². The Morgan fingerprint density at radius 3 is 2.35 bits per heavy atom. The molecule has 13 heteroatoms. The average Bonchev–Trinajstić information content (AvgIpc) is 2.95. The summed E-state index contributed by atoms with van der Waals surface area (Å²) in [4.78, 5) is 34.2. The van der Waals surface area contributed by atoms with Crippen LogP contribution in [0.1, 0.15) is 11.1 Å². The van der Waals surface area contributed by atoms with E-state index in [1.54, 1.807) is 21.1 Å². The van der Waals surface area contributed by atoms with Gasteiger partial charge < -0.3 is 30.2 Å². The van der Waals surface area contributed by atoms with Crippen molar-refractivity contribution < 1.29 is 23.8 Å². The minimum absolute atomic E-state index is 0.117. The van der Waals surface area contributed by atoms with Crippen molar-refractivity contribution in [2.45, 2.75) is 13.5 Å². The Morgan fingerprint density at radius 2 is 1.75 bits per heavy atom. The fourth-order valence-corrected chi connectivity index (χ4v) is 4.26. The van der Waals surface area contributed by atoms with Gasteiger partial charge in [0.05, 0.1) is 37.9 Å². The van der Waals surface area contributed by atoms with Gasteiger partial charge >= 0.3 is 6.03 Å². The number of ether oxygens (including phenoxy) is 3. The van der Waals surface area contributed by atoms with Gasteiger partial charge in [0.25, 0.3) is 0 Å². The second kappa shape index (κ2) is 13.8. The number of hydrogen-bond acceptors (Lipinski definition) is 9. The normalized spacial score (nSPS) is 10.5. The number of methoxy groups -OCH3 is 3. The lowest BCUT2D eigenvalue weighted by atomic mass is 10.1. The molecule has 212 valence electrons. The van der Waals surface area contributed by atoms with Crippen LogP contribution in [0.2, 0.25) is 10.0 Å². The van der Waals surface area contributed by atoms with Crippen LogP contribution in [-0.4, -0.2) is 57.2 Å². The molecule has 0 atom stereocenters. The van der Waals surface area contributed by atoms with E-state index in [4.69, 9.17) is 37.4 Å². The molecule has 1 aromatic heterocycles. The van der Waals surface area contributed by atoms with Crippen molar-refractivity contribution in [2.75, 3.05) is 55.8 Å². The van der Waals surface area contributed by atoms with Crippen LogP contribution in [0, 0.1) is 6.92 Å². The van der Waals surface area contributed by atoms with E-state index in [0.717, 1.165) is 5.56 Å². The first-order valence-electron chi connectivity index (χ1n) is 11.9. The van der Waals surface area contributed by atoms with Gasteiger partial charge in [-0.05, 0) is 24.6 Å². The zero-order chi connectivity index (χ0) is 29.4. The highest BCUT2D eigenvalue weighted by Gasteiger charge is 2.23. The molecule has 0 unspecified atom stereocenters. The number of aldehydes is 1. The zero-order valence-corrected chi connectivity index (χ0v) is 24.2. The summed E-state index contributed by atoms with van der Waals surface area (Å²) in [6, 6.07) is 6.62. The SMILES string of the molecule is C=C(C=O)CNc1cc(COC)ccc1Nc1ncnc(N(C)C(=O)Nc2c(Cl)c(OC)cc(OC)c2Cl)c1C. The fraction of sp³-hybridized carbons (Fsp3) is 0.259. The number of carbonyl (C=O) groups excluding carboxylic acids is 2. The van der Waals surface area contributed by atoms with Gasteiger partial charge in [-0.3, -0.25) is 9.69 Å². The van der Waals surface area contributed by atoms with Crippen LogP contribution in [0.25, 0.3) is 0 Å². The predicted octanol–water partition coefficient (Wildman–Crippen LogP) is 5.83. The molecular formula is C27H30Cl2N6O5. The Morgan fingerprint density at radius 1 is 1.07 bits per heavy atom. The van der Waals surface area contributed by atoms with E-state index < -0.39 is 6.03 Å². The van der Waals surface area contributed by atoms with Gasteiger partial charge in [-0.1, -0.05) is 35.8 Å². The zero-order valence-electron chi connectivity index (χ0n) is 22.7. The smallest absolute Gasteiger partial charge is 0.327 e. The fourth-order valence-electron chi connectivity index (χ4n) is 3.67. The third-order valence-corrected chi connectivity index (χ3v) is 6.56. The molecule has 0 bridgehead atoms. The highest BCUT2D eigenvalue weighted by Crippen LogP contribution is 2.44. The molecule has 0 radical (unpaired) electrons. The molecule has 40 heavy (non-hydrogen) atoms. The number of aromatic nitrogens is 2. The monoisotopic (exact) mass is 588 g/mol. The van der Waals surface area contributed by atoms with Crippen LogP contribution in [0.3, 0.4) is 0 Å². The van der Waals surface area contributed by atoms with Gasteiger partial charge in [0, 0.05) is 37.9 Å². The second-order valence-electron chi connectivity index (χ2n) is 8.51. The van der Waals surface area contributed by atoms with Crippen LogP contribution < -0.4 is 30.3 Å². The van der Waals surface area contributed by atoms with Crippen LogP contribution in [0.15, 0.2) is 42.7 Å². The lowest BCUT2D eigenvalue weighted by Gasteiger charge is -2.22. The maximum Gasteiger partial charge on any atom is 0.327 e. The summed E-state index contributed by atoms with van der Waals surface area (Å²) in [6.07, 6.45) is 2.03. The first kappa shape index (κ1) is 30.5. The number of urea groups is 1. The van der Waals surface area contributed by atoms with Gasteiger partial charge in [-0.15, -0.1) is 0 Å². The Balaban J connectivity index is 1.90. The highest BCUT2D eigenvalue weighted by atomic mass is 35.5. The topological polar surface area (TPSA) is 127 Å². The molecule has 3 aromatic rings. The summed E-state index contributed by atoms with van der Waals surface area (Å²) in [5.74, 6) is 1.35. The van der Waals surface area contributed by atoms with Gasteiger partial charge in [-0.25, -0.2) is 14.8 Å². The Labute approximate surface area is 242 Å². The van der Waals surface area contributed by atoms with Crippen molar-refractivity contribution in [3.8, 4) is 11.5 Å². The van der Waals surface area contributed by atoms with Crippen molar-refractivity contribution in [2.24, 2.45) is 0 Å². The minimum Gasteiger partial charge on any atom is -0.495 e. The van der Waals surface area contributed by atoms with Crippen LogP contribution in [-0.2, 0) is 16.1 Å². The first-order chi connectivity index (χ1) is 19.1. The van der Waals surface area contributed by atoms with Crippen molar-refractivity contribution >= 4 is 64.2 Å². The minimum atomic E-state index is -0.564. The standard InChI is InChI=1S/C27H30Cl2N6O5/c1-15(12-36)11-30-19-9-17(13-38-4)7-8-18(19)33-25-16(2)26(32-14-31-25)35(3)27(37)34-24-22(28)20(39-5)10-21(40-6)23(24)29/h7-10,12,14,30H,1,11,13H2,2-6H3,(H,34,37)(H,31,32,33). The predicted molar refractivity (Wildman–Crippen MR) is 158 cm³/mol. The lowest BCUT2D eigenvalue weighted by molar-refractivity contribution is -0.104. The van der Waals surface area contributed by atoms with Crippen molar-refractivity contribution in [1.29, 1.82) is 0 Å². The van der Waals surface area contributed by atoms with Gasteiger partial charge in [-0.2, -0.15) is 0 Å². The van der Waals surface area contributed by atoms with Crippen LogP contribution in [0.4, 0.5) is 33.5 Å². The summed E-state index contributed by atoms with van der Waals surface area (Å²) >= 11 is 12.8. The van der Waals surface area contributed by atoms with E-state index in [-0.39, 0.29) is 33.8 Å². The molecule has 0 saturated heterocycles. The summed E-state index contributed by atoms with van der Waals surface area (Å²) in [6.45, 7) is 6.15. The number of rotatable bonds is 12. The lowest BCUT2D eigenvalue weighted by Crippen LogP contribution is -2.33. The van der Waals surface area contributed by atoms with Gasteiger partial charge in [0.15, 0.2) is 0 Å². The highest BCUT2D eigenvalue weighted by molar-refractivity contribution is 6.41. The summed E-state index contributed by atoms with van der Waals surface area (Å²) in [5, 5.41) is 9.42. The summed E-state index contributed by atoms with van der Waals surface area (Å²) < 4.78 is 15.8. The molecule has 3 rings (SSSR count). The summed E-state index contributed by atoms with van der Waals surface area (Å²) in [7, 11) is 6.04. The largest absolute Gasteiger partial charge is 0.495 e. The van der Waals surface area contributed by atoms with Crippen molar-refractivity contribution in [3.05, 3.63) is 63.9 Å². The van der Waals surface area contributed by atoms with E-state index in [1.165, 1.54) is 31.5 Å². The number of hydrogen-bond donors (Lipinski definition) is 3. The molecule has 0 aliphatic heterocycles. The van der Waals surface area contributed by atoms with Crippen LogP contribution in [0.5, 0.6) is 11.5 Å². The van der Waals surface area contributed by atoms with Crippen molar-refractivity contribution in [1.82, 2.24) is 9.97 Å². The molecule has 2 aromatic carbocycles. The Bertz CT molecular complexity index is 1390. The number of nitrogens with one attached hydrogen (secondary N) is 3. The maximum absolute atomic E-state index is 13.2. The molecular weight excluding hydrogens is 559 g/mol.